The Bertz CT molecular complexity index is 1300. The summed E-state index contributed by atoms with van der Waals surface area (Å²) in [6.07, 6.45) is -1.73. The van der Waals surface area contributed by atoms with Crippen LogP contribution in [0.1, 0.15) is 36.8 Å². The van der Waals surface area contributed by atoms with E-state index in [-0.39, 0.29) is 37.2 Å². The molecule has 2 aromatic carbocycles. The monoisotopic (exact) mass is 601 g/mol. The lowest BCUT2D eigenvalue weighted by molar-refractivity contribution is -0.143. The molecule has 43 heavy (non-hydrogen) atoms. The smallest absolute Gasteiger partial charge is 0.326 e. The Hall–Kier alpha value is -5.18. The lowest BCUT2D eigenvalue weighted by Crippen LogP contribution is -2.57. The van der Waals surface area contributed by atoms with E-state index in [0.29, 0.717) is 11.1 Å². The van der Waals surface area contributed by atoms with Crippen molar-refractivity contribution in [3.63, 3.8) is 0 Å². The average Bonchev–Trinajstić information content (AvgIpc) is 2.94. The highest BCUT2D eigenvalue weighted by molar-refractivity contribution is 5.94. The standard InChI is InChI=1S/C28H35N5O10/c29-19(13-15-1-5-17(34)6-2-15)25(39)31-20(9-11-23(30)36)26(40)32-21(10-12-24(37)38)27(41)33-22(28(42)43)14-16-3-7-18(35)8-4-16/h1-8,19-22,34-35H,9-14,29H2,(H2,30,36)(H,31,39)(H,32,40)(H,33,41)(H,37,38)(H,42,43). The predicted octanol–water partition coefficient (Wildman–Crippen LogP) is -1.12. The fraction of sp³-hybridized carbons (Fsp3) is 0.357. The number of nitrogens with two attached hydrogens (primary N) is 2. The molecular formula is C28H35N5O10. The van der Waals surface area contributed by atoms with Gasteiger partial charge < -0.3 is 47.8 Å². The fourth-order valence-corrected chi connectivity index (χ4v) is 3.96. The van der Waals surface area contributed by atoms with Crippen LogP contribution >= 0.6 is 0 Å². The molecule has 4 amide bonds. The summed E-state index contributed by atoms with van der Waals surface area (Å²) in [5.41, 5.74) is 12.3. The van der Waals surface area contributed by atoms with Crippen LogP contribution in [0, 0.1) is 0 Å². The van der Waals surface area contributed by atoms with E-state index in [1.54, 1.807) is 12.1 Å². The van der Waals surface area contributed by atoms with Gasteiger partial charge in [-0.05, 0) is 54.7 Å². The van der Waals surface area contributed by atoms with Crippen molar-refractivity contribution in [1.82, 2.24) is 16.0 Å². The Morgan fingerprint density at radius 2 is 1.05 bits per heavy atom. The number of carbonyl (C=O) groups excluding carboxylic acids is 4. The van der Waals surface area contributed by atoms with Gasteiger partial charge in [0.05, 0.1) is 6.04 Å². The molecule has 4 atom stereocenters. The van der Waals surface area contributed by atoms with Crippen molar-refractivity contribution in [3.05, 3.63) is 59.7 Å². The molecule has 232 valence electrons. The third-order valence-electron chi connectivity index (χ3n) is 6.31. The second kappa shape index (κ2) is 16.3. The molecule has 0 aliphatic rings. The summed E-state index contributed by atoms with van der Waals surface area (Å²) in [5.74, 6) is -6.23. The average molecular weight is 602 g/mol. The number of hydrogen-bond acceptors (Lipinski definition) is 9. The number of aromatic hydroxyl groups is 2. The van der Waals surface area contributed by atoms with Crippen molar-refractivity contribution in [2.75, 3.05) is 0 Å². The minimum atomic E-state index is -1.52. The third kappa shape index (κ3) is 12.1. The van der Waals surface area contributed by atoms with Crippen LogP contribution in [-0.2, 0) is 41.6 Å². The predicted molar refractivity (Wildman–Crippen MR) is 150 cm³/mol. The van der Waals surface area contributed by atoms with E-state index in [1.165, 1.54) is 36.4 Å². The van der Waals surface area contributed by atoms with Gasteiger partial charge in [0, 0.05) is 19.3 Å². The van der Waals surface area contributed by atoms with Crippen molar-refractivity contribution in [1.29, 1.82) is 0 Å². The SMILES string of the molecule is NC(=O)CCC(NC(=O)C(N)Cc1ccc(O)cc1)C(=O)NC(CCC(=O)O)C(=O)NC(Cc1ccc(O)cc1)C(=O)O. The summed E-state index contributed by atoms with van der Waals surface area (Å²) < 4.78 is 0. The maximum atomic E-state index is 13.2. The van der Waals surface area contributed by atoms with Gasteiger partial charge in [-0.2, -0.15) is 0 Å². The first-order valence-corrected chi connectivity index (χ1v) is 13.2. The number of phenols is 2. The number of nitrogens with one attached hydrogen (secondary N) is 3. The first-order chi connectivity index (χ1) is 20.2. The Morgan fingerprint density at radius 1 is 0.628 bits per heavy atom. The second-order valence-corrected chi connectivity index (χ2v) is 9.81. The molecule has 15 nitrogen and oxygen atoms in total. The van der Waals surface area contributed by atoms with Gasteiger partial charge in [0.2, 0.25) is 23.6 Å². The minimum Gasteiger partial charge on any atom is -0.508 e. The first kappa shape index (κ1) is 34.0. The van der Waals surface area contributed by atoms with Gasteiger partial charge in [-0.15, -0.1) is 0 Å². The van der Waals surface area contributed by atoms with Crippen LogP contribution in [0.25, 0.3) is 0 Å². The zero-order valence-corrected chi connectivity index (χ0v) is 23.1. The Morgan fingerprint density at radius 3 is 1.49 bits per heavy atom. The number of benzene rings is 2. The highest BCUT2D eigenvalue weighted by Crippen LogP contribution is 2.13. The molecule has 0 saturated heterocycles. The van der Waals surface area contributed by atoms with Gasteiger partial charge in [0.1, 0.15) is 29.6 Å². The van der Waals surface area contributed by atoms with E-state index in [2.05, 4.69) is 16.0 Å². The maximum absolute atomic E-state index is 13.2. The Kier molecular flexibility index (Phi) is 12.9. The summed E-state index contributed by atoms with van der Waals surface area (Å²) in [6, 6.07) is 5.97. The van der Waals surface area contributed by atoms with Gasteiger partial charge in [-0.3, -0.25) is 24.0 Å². The van der Waals surface area contributed by atoms with E-state index in [4.69, 9.17) is 16.6 Å². The quantitative estimate of drug-likeness (QED) is 0.105. The van der Waals surface area contributed by atoms with Crippen LogP contribution in [0.2, 0.25) is 0 Å². The molecule has 0 saturated carbocycles. The molecule has 0 spiro atoms. The number of carboxylic acid groups (broad SMARTS) is 2. The highest BCUT2D eigenvalue weighted by Gasteiger charge is 2.31. The molecule has 0 aliphatic carbocycles. The van der Waals surface area contributed by atoms with Crippen molar-refractivity contribution in [2.45, 2.75) is 62.7 Å². The molecule has 0 fully saturated rings. The van der Waals surface area contributed by atoms with E-state index in [9.17, 15) is 44.1 Å². The van der Waals surface area contributed by atoms with Crippen LogP contribution in [0.15, 0.2) is 48.5 Å². The zero-order chi connectivity index (χ0) is 32.1. The molecule has 2 aromatic rings. The summed E-state index contributed by atoms with van der Waals surface area (Å²) in [6.45, 7) is 0. The number of primary amides is 1. The Labute approximate surface area is 246 Å². The summed E-state index contributed by atoms with van der Waals surface area (Å²) in [7, 11) is 0. The summed E-state index contributed by atoms with van der Waals surface area (Å²) >= 11 is 0. The fourth-order valence-electron chi connectivity index (χ4n) is 3.96. The number of carbonyl (C=O) groups is 6. The normalized spacial score (nSPS) is 13.5. The Balaban J connectivity index is 2.17. The van der Waals surface area contributed by atoms with Crippen LogP contribution in [-0.4, -0.2) is 80.2 Å². The largest absolute Gasteiger partial charge is 0.508 e. The molecular weight excluding hydrogens is 566 g/mol. The number of hydrogen-bond donors (Lipinski definition) is 9. The van der Waals surface area contributed by atoms with Crippen LogP contribution in [0.4, 0.5) is 0 Å². The molecule has 15 heteroatoms. The minimum absolute atomic E-state index is 0.0153. The van der Waals surface area contributed by atoms with Gasteiger partial charge in [-0.25, -0.2) is 4.79 Å². The molecule has 0 aromatic heterocycles. The van der Waals surface area contributed by atoms with Crippen LogP contribution < -0.4 is 27.4 Å². The van der Waals surface area contributed by atoms with Gasteiger partial charge in [0.25, 0.3) is 0 Å². The van der Waals surface area contributed by atoms with Crippen molar-refractivity contribution in [3.8, 4) is 11.5 Å². The number of amides is 4. The lowest BCUT2D eigenvalue weighted by atomic mass is 10.0. The summed E-state index contributed by atoms with van der Waals surface area (Å²) in [5, 5.41) is 44.7. The molecule has 0 aliphatic heterocycles. The van der Waals surface area contributed by atoms with E-state index in [0.717, 1.165) is 0 Å². The van der Waals surface area contributed by atoms with Crippen molar-refractivity contribution >= 4 is 35.6 Å². The topological polar surface area (TPSA) is 271 Å². The zero-order valence-electron chi connectivity index (χ0n) is 23.1. The van der Waals surface area contributed by atoms with Crippen LogP contribution in [0.3, 0.4) is 0 Å². The van der Waals surface area contributed by atoms with Gasteiger partial charge in [0.15, 0.2) is 0 Å². The summed E-state index contributed by atoms with van der Waals surface area (Å²) in [4.78, 5) is 73.6. The van der Waals surface area contributed by atoms with Crippen LogP contribution in [0.5, 0.6) is 11.5 Å². The first-order valence-electron chi connectivity index (χ1n) is 13.2. The molecule has 4 unspecified atom stereocenters. The van der Waals surface area contributed by atoms with E-state index in [1.807, 2.05) is 0 Å². The molecule has 11 N–H and O–H groups in total. The second-order valence-electron chi connectivity index (χ2n) is 9.81. The van der Waals surface area contributed by atoms with Crippen molar-refractivity contribution < 1.29 is 49.2 Å². The van der Waals surface area contributed by atoms with Crippen molar-refractivity contribution in [2.24, 2.45) is 11.5 Å². The lowest BCUT2D eigenvalue weighted by Gasteiger charge is -2.25. The molecule has 0 heterocycles. The van der Waals surface area contributed by atoms with E-state index >= 15 is 0 Å². The number of aliphatic carboxylic acids is 2. The van der Waals surface area contributed by atoms with Gasteiger partial charge >= 0.3 is 11.9 Å². The highest BCUT2D eigenvalue weighted by atomic mass is 16.4. The molecule has 0 radical (unpaired) electrons. The number of carboxylic acids is 2. The maximum Gasteiger partial charge on any atom is 0.326 e. The molecule has 0 bridgehead atoms. The number of rotatable bonds is 17. The number of phenolic OH excluding ortho intramolecular Hbond substituents is 2. The van der Waals surface area contributed by atoms with E-state index < -0.39 is 72.6 Å². The molecule has 2 rings (SSSR count). The van der Waals surface area contributed by atoms with Gasteiger partial charge in [-0.1, -0.05) is 24.3 Å². The third-order valence-corrected chi connectivity index (χ3v) is 6.31.